The monoisotopic (exact) mass is 567 g/mol. The van der Waals surface area contributed by atoms with E-state index in [1.807, 2.05) is 12.1 Å². The Balaban J connectivity index is 1.42. The lowest BCUT2D eigenvalue weighted by Crippen LogP contribution is -2.48. The fourth-order valence-corrected chi connectivity index (χ4v) is 4.46. The summed E-state index contributed by atoms with van der Waals surface area (Å²) in [5.41, 5.74) is -1.29. The van der Waals surface area contributed by atoms with Gasteiger partial charge in [0.2, 0.25) is 0 Å². The number of fused-ring (bicyclic) bond motifs is 1. The highest BCUT2D eigenvalue weighted by atomic mass is 35.5. The predicted octanol–water partition coefficient (Wildman–Crippen LogP) is 5.80. The molecule has 0 aliphatic carbocycles. The van der Waals surface area contributed by atoms with Crippen molar-refractivity contribution in [2.75, 3.05) is 26.2 Å². The van der Waals surface area contributed by atoms with Gasteiger partial charge in [-0.25, -0.2) is 13.9 Å². The van der Waals surface area contributed by atoms with E-state index in [4.69, 9.17) is 11.6 Å². The third-order valence-corrected chi connectivity index (χ3v) is 6.69. The Morgan fingerprint density at radius 2 is 1.54 bits per heavy atom. The van der Waals surface area contributed by atoms with Gasteiger partial charge in [-0.05, 0) is 48.0 Å². The van der Waals surface area contributed by atoms with Gasteiger partial charge >= 0.3 is 12.1 Å². The summed E-state index contributed by atoms with van der Waals surface area (Å²) < 4.78 is 82.9. The average molecular weight is 568 g/mol. The summed E-state index contributed by atoms with van der Waals surface area (Å²) in [6.45, 7) is 2.29. The summed E-state index contributed by atoms with van der Waals surface area (Å²) in [4.78, 5) is 20.9. The van der Waals surface area contributed by atoms with E-state index < -0.39 is 29.5 Å². The third kappa shape index (κ3) is 5.44. The van der Waals surface area contributed by atoms with E-state index in [1.54, 1.807) is 12.1 Å². The Morgan fingerprint density at radius 1 is 0.897 bits per heavy atom. The van der Waals surface area contributed by atoms with Crippen LogP contribution in [0.2, 0.25) is 5.02 Å². The van der Waals surface area contributed by atoms with Crippen molar-refractivity contribution < 1.29 is 31.1 Å². The molecule has 0 radical (unpaired) electrons. The number of alkyl halides is 5. The van der Waals surface area contributed by atoms with Crippen molar-refractivity contribution in [3.8, 4) is 11.3 Å². The summed E-state index contributed by atoms with van der Waals surface area (Å²) in [6.07, 6.45) is -5.93. The van der Waals surface area contributed by atoms with Gasteiger partial charge in [0.1, 0.15) is 11.5 Å². The minimum absolute atomic E-state index is 0.115. The second-order valence-corrected chi connectivity index (χ2v) is 9.54. The van der Waals surface area contributed by atoms with E-state index in [-0.39, 0.29) is 22.6 Å². The van der Waals surface area contributed by atoms with Crippen molar-refractivity contribution >= 4 is 23.2 Å². The van der Waals surface area contributed by atoms with Crippen LogP contribution >= 0.6 is 11.6 Å². The van der Waals surface area contributed by atoms with Crippen LogP contribution < -0.4 is 0 Å². The van der Waals surface area contributed by atoms with Crippen LogP contribution in [0.25, 0.3) is 16.9 Å². The van der Waals surface area contributed by atoms with Crippen LogP contribution in [0.1, 0.15) is 21.7 Å². The van der Waals surface area contributed by atoms with E-state index in [0.717, 1.165) is 23.8 Å². The Hall–Kier alpha value is -3.64. The lowest BCUT2D eigenvalue weighted by atomic mass is 10.1. The van der Waals surface area contributed by atoms with Crippen molar-refractivity contribution in [2.24, 2.45) is 0 Å². The Bertz CT molecular complexity index is 1500. The zero-order chi connectivity index (χ0) is 27.9. The zero-order valence-corrected chi connectivity index (χ0v) is 20.9. The molecule has 1 aliphatic rings. The van der Waals surface area contributed by atoms with Gasteiger partial charge in [0.05, 0.1) is 5.69 Å². The molecule has 6 nitrogen and oxygen atoms in total. The smallest absolute Gasteiger partial charge is 0.335 e. The first-order chi connectivity index (χ1) is 18.4. The molecule has 1 saturated heterocycles. The molecule has 1 aliphatic heterocycles. The molecule has 1 fully saturated rings. The third-order valence-electron chi connectivity index (χ3n) is 6.44. The number of aromatic nitrogens is 3. The highest BCUT2D eigenvalue weighted by Crippen LogP contribution is 2.44. The number of benzene rings is 2. The van der Waals surface area contributed by atoms with E-state index in [1.165, 1.54) is 17.0 Å². The van der Waals surface area contributed by atoms with Crippen molar-refractivity contribution in [3.05, 3.63) is 88.5 Å². The molecule has 5 rings (SSSR count). The molecule has 0 N–H and O–H groups in total. The van der Waals surface area contributed by atoms with Crippen molar-refractivity contribution in [1.82, 2.24) is 24.4 Å². The molecule has 0 spiro atoms. The van der Waals surface area contributed by atoms with Gasteiger partial charge in [0.15, 0.2) is 11.3 Å². The first-order valence-corrected chi connectivity index (χ1v) is 12.2. The Morgan fingerprint density at radius 3 is 2.15 bits per heavy atom. The number of piperazine rings is 1. The average Bonchev–Trinajstić information content (AvgIpc) is 3.33. The molecule has 1 amide bonds. The fourth-order valence-electron chi connectivity index (χ4n) is 4.34. The highest BCUT2D eigenvalue weighted by molar-refractivity contribution is 6.30. The van der Waals surface area contributed by atoms with Crippen molar-refractivity contribution in [3.63, 3.8) is 0 Å². The maximum Gasteiger partial charge on any atom is 0.459 e. The topological polar surface area (TPSA) is 53.7 Å². The summed E-state index contributed by atoms with van der Waals surface area (Å²) in [5, 5.41) is 4.43. The number of carbonyl (C=O) groups is 1. The molecule has 13 heteroatoms. The Kier molecular flexibility index (Phi) is 7.02. The molecule has 0 unspecified atom stereocenters. The number of hydrogen-bond donors (Lipinski definition) is 0. The minimum atomic E-state index is -5.93. The molecule has 0 bridgehead atoms. The fraction of sp³-hybridized carbons (Fsp3) is 0.269. The summed E-state index contributed by atoms with van der Waals surface area (Å²) >= 11 is 5.92. The molecule has 0 atom stereocenters. The van der Waals surface area contributed by atoms with Crippen LogP contribution in [-0.2, 0) is 12.5 Å². The SMILES string of the molecule is O=C(c1cc2nc(-c3ccc(F)cc3)cc(C(F)(F)C(F)(F)F)n2n1)N1CCN(Cc2ccc(Cl)cc2)CC1. The number of hydrogen-bond acceptors (Lipinski definition) is 4. The first kappa shape index (κ1) is 26.9. The van der Waals surface area contributed by atoms with Crippen LogP contribution in [0.15, 0.2) is 60.7 Å². The van der Waals surface area contributed by atoms with Crippen LogP contribution in [0.3, 0.4) is 0 Å². The van der Waals surface area contributed by atoms with Crippen LogP contribution in [0.5, 0.6) is 0 Å². The standard InChI is InChI=1S/C26H20ClF6N5O/c27-18-5-1-16(2-6-18)15-36-9-11-37(12-10-36)24(39)21-14-23-34-20(17-3-7-19(28)8-4-17)13-22(38(23)35-21)25(29,30)26(31,32)33/h1-8,13-14H,9-12,15H2. The van der Waals surface area contributed by atoms with Crippen LogP contribution in [0, 0.1) is 5.82 Å². The largest absolute Gasteiger partial charge is 0.459 e. The predicted molar refractivity (Wildman–Crippen MR) is 131 cm³/mol. The number of amides is 1. The number of carbonyl (C=O) groups excluding carboxylic acids is 1. The molecular formula is C26H20ClF6N5O. The molecule has 3 heterocycles. The quantitative estimate of drug-likeness (QED) is 0.286. The number of nitrogens with zero attached hydrogens (tertiary/aromatic N) is 5. The summed E-state index contributed by atoms with van der Waals surface area (Å²) in [7, 11) is 0. The molecule has 2 aromatic carbocycles. The molecule has 0 saturated carbocycles. The van der Waals surface area contributed by atoms with Gasteiger partial charge in [-0.3, -0.25) is 9.69 Å². The van der Waals surface area contributed by atoms with Gasteiger partial charge in [-0.15, -0.1) is 0 Å². The first-order valence-electron chi connectivity index (χ1n) is 11.8. The normalized spacial score (nSPS) is 15.2. The summed E-state index contributed by atoms with van der Waals surface area (Å²) in [6, 6.07) is 13.5. The van der Waals surface area contributed by atoms with Crippen LogP contribution in [-0.4, -0.2) is 62.7 Å². The molecule has 4 aromatic rings. The van der Waals surface area contributed by atoms with Crippen molar-refractivity contribution in [1.29, 1.82) is 0 Å². The van der Waals surface area contributed by atoms with E-state index in [0.29, 0.717) is 48.3 Å². The van der Waals surface area contributed by atoms with Crippen LogP contribution in [0.4, 0.5) is 26.3 Å². The van der Waals surface area contributed by atoms with Crippen molar-refractivity contribution in [2.45, 2.75) is 18.6 Å². The lowest BCUT2D eigenvalue weighted by molar-refractivity contribution is -0.291. The van der Waals surface area contributed by atoms with Gasteiger partial charge in [-0.2, -0.15) is 27.1 Å². The van der Waals surface area contributed by atoms with E-state index in [2.05, 4.69) is 15.0 Å². The maximum absolute atomic E-state index is 14.6. The molecule has 39 heavy (non-hydrogen) atoms. The highest BCUT2D eigenvalue weighted by Gasteiger charge is 2.60. The minimum Gasteiger partial charge on any atom is -0.335 e. The molecule has 204 valence electrons. The van der Waals surface area contributed by atoms with Gasteiger partial charge in [0.25, 0.3) is 5.91 Å². The zero-order valence-electron chi connectivity index (χ0n) is 20.1. The van der Waals surface area contributed by atoms with Gasteiger partial charge < -0.3 is 4.90 Å². The van der Waals surface area contributed by atoms with Gasteiger partial charge in [-0.1, -0.05) is 23.7 Å². The van der Waals surface area contributed by atoms with E-state index >= 15 is 0 Å². The second-order valence-electron chi connectivity index (χ2n) is 9.10. The second kappa shape index (κ2) is 10.2. The number of rotatable bonds is 5. The van der Waals surface area contributed by atoms with Gasteiger partial charge in [0, 0.05) is 49.4 Å². The lowest BCUT2D eigenvalue weighted by Gasteiger charge is -2.34. The van der Waals surface area contributed by atoms with E-state index in [9.17, 15) is 31.1 Å². The molecular weight excluding hydrogens is 548 g/mol. The molecule has 2 aromatic heterocycles. The Labute approximate surface area is 223 Å². The summed E-state index contributed by atoms with van der Waals surface area (Å²) in [5.74, 6) is -6.54. The number of halogens is 7. The maximum atomic E-state index is 14.6.